The van der Waals surface area contributed by atoms with E-state index in [0.717, 1.165) is 24.0 Å². The van der Waals surface area contributed by atoms with Crippen LogP contribution in [0.15, 0.2) is 41.4 Å². The standard InChI is InChI=1S/C24H32N4O4S/c1-18-7-3-4-8-20(18)16-25-23(29)19-9-13-28(14-10-19)33(31,32)21-15-22(26(2)17-21)24(30)27-11-5-6-12-27/h3-4,7-8,15,17,19H,5-6,9-14,16H2,1-2H3,(H,25,29). The number of nitrogens with zero attached hydrogens (tertiary/aromatic N) is 3. The minimum atomic E-state index is -3.72. The zero-order valence-electron chi connectivity index (χ0n) is 19.3. The van der Waals surface area contributed by atoms with Gasteiger partial charge in [-0.2, -0.15) is 4.31 Å². The van der Waals surface area contributed by atoms with E-state index in [0.29, 0.717) is 38.2 Å². The topological polar surface area (TPSA) is 91.7 Å². The molecule has 1 aromatic heterocycles. The third kappa shape index (κ3) is 4.99. The molecule has 33 heavy (non-hydrogen) atoms. The predicted molar refractivity (Wildman–Crippen MR) is 125 cm³/mol. The van der Waals surface area contributed by atoms with Gasteiger partial charge in [-0.1, -0.05) is 24.3 Å². The van der Waals surface area contributed by atoms with Crippen LogP contribution in [0.25, 0.3) is 0 Å². The first kappa shape index (κ1) is 23.5. The number of hydrogen-bond acceptors (Lipinski definition) is 4. The van der Waals surface area contributed by atoms with Crippen LogP contribution >= 0.6 is 0 Å². The molecule has 9 heteroatoms. The Hall–Kier alpha value is -2.65. The molecule has 1 N–H and O–H groups in total. The van der Waals surface area contributed by atoms with E-state index < -0.39 is 10.0 Å². The normalized spacial score (nSPS) is 17.9. The fourth-order valence-electron chi connectivity index (χ4n) is 4.61. The van der Waals surface area contributed by atoms with Crippen molar-refractivity contribution in [1.82, 2.24) is 19.1 Å². The average molecular weight is 473 g/mol. The summed E-state index contributed by atoms with van der Waals surface area (Å²) in [6.45, 7) is 4.49. The number of nitrogens with one attached hydrogen (secondary N) is 1. The van der Waals surface area contributed by atoms with Gasteiger partial charge in [0.2, 0.25) is 15.9 Å². The van der Waals surface area contributed by atoms with E-state index in [1.165, 1.54) is 16.6 Å². The third-order valence-electron chi connectivity index (χ3n) is 6.77. The fourth-order valence-corrected chi connectivity index (χ4v) is 6.15. The molecule has 0 bridgehead atoms. The minimum Gasteiger partial charge on any atom is -0.352 e. The smallest absolute Gasteiger partial charge is 0.270 e. The van der Waals surface area contributed by atoms with Gasteiger partial charge in [-0.05, 0) is 49.8 Å². The van der Waals surface area contributed by atoms with Crippen molar-refractivity contribution >= 4 is 21.8 Å². The van der Waals surface area contributed by atoms with Crippen molar-refractivity contribution in [3.05, 3.63) is 53.3 Å². The largest absolute Gasteiger partial charge is 0.352 e. The molecule has 0 atom stereocenters. The summed E-state index contributed by atoms with van der Waals surface area (Å²) in [5.74, 6) is -0.363. The molecule has 0 spiro atoms. The van der Waals surface area contributed by atoms with Gasteiger partial charge in [0.25, 0.3) is 5.91 Å². The van der Waals surface area contributed by atoms with Crippen LogP contribution in [-0.2, 0) is 28.4 Å². The number of hydrogen-bond donors (Lipinski definition) is 1. The Morgan fingerprint density at radius 1 is 1.06 bits per heavy atom. The van der Waals surface area contributed by atoms with E-state index >= 15 is 0 Å². The number of amides is 2. The van der Waals surface area contributed by atoms with Crippen LogP contribution in [0.3, 0.4) is 0 Å². The zero-order chi connectivity index (χ0) is 23.6. The second-order valence-electron chi connectivity index (χ2n) is 8.99. The van der Waals surface area contributed by atoms with Gasteiger partial charge in [0, 0.05) is 51.9 Å². The lowest BCUT2D eigenvalue weighted by Crippen LogP contribution is -2.42. The van der Waals surface area contributed by atoms with E-state index in [2.05, 4.69) is 5.32 Å². The van der Waals surface area contributed by atoms with Gasteiger partial charge in [0.15, 0.2) is 0 Å². The number of likely N-dealkylation sites (tertiary alicyclic amines) is 1. The summed E-state index contributed by atoms with van der Waals surface area (Å²) in [7, 11) is -2.02. The van der Waals surface area contributed by atoms with Gasteiger partial charge >= 0.3 is 0 Å². The third-order valence-corrected chi connectivity index (χ3v) is 8.63. The number of benzene rings is 1. The molecule has 2 saturated heterocycles. The van der Waals surface area contributed by atoms with Crippen LogP contribution in [0.5, 0.6) is 0 Å². The van der Waals surface area contributed by atoms with Gasteiger partial charge in [0.05, 0.1) is 0 Å². The van der Waals surface area contributed by atoms with E-state index in [4.69, 9.17) is 0 Å². The average Bonchev–Trinajstić information content (AvgIpc) is 3.48. The second-order valence-corrected chi connectivity index (χ2v) is 10.9. The number of carbonyl (C=O) groups is 2. The van der Waals surface area contributed by atoms with Crippen molar-refractivity contribution in [3.63, 3.8) is 0 Å². The van der Waals surface area contributed by atoms with Gasteiger partial charge in [-0.3, -0.25) is 9.59 Å². The number of aryl methyl sites for hydroxylation is 2. The molecule has 2 aliphatic heterocycles. The summed E-state index contributed by atoms with van der Waals surface area (Å²) in [5.41, 5.74) is 2.60. The molecular weight excluding hydrogens is 440 g/mol. The summed E-state index contributed by atoms with van der Waals surface area (Å²) in [6.07, 6.45) is 4.43. The first-order valence-electron chi connectivity index (χ1n) is 11.6. The number of rotatable bonds is 6. The summed E-state index contributed by atoms with van der Waals surface area (Å²) >= 11 is 0. The molecule has 0 aliphatic carbocycles. The lowest BCUT2D eigenvalue weighted by molar-refractivity contribution is -0.126. The Morgan fingerprint density at radius 3 is 2.39 bits per heavy atom. The number of piperidine rings is 1. The summed E-state index contributed by atoms with van der Waals surface area (Å²) in [5, 5.41) is 2.99. The summed E-state index contributed by atoms with van der Waals surface area (Å²) in [4.78, 5) is 27.3. The summed E-state index contributed by atoms with van der Waals surface area (Å²) < 4.78 is 29.4. The van der Waals surface area contributed by atoms with Crippen molar-refractivity contribution in [1.29, 1.82) is 0 Å². The van der Waals surface area contributed by atoms with Crippen molar-refractivity contribution in [2.75, 3.05) is 26.2 Å². The molecule has 1 aromatic carbocycles. The van der Waals surface area contributed by atoms with Crippen molar-refractivity contribution in [3.8, 4) is 0 Å². The number of carbonyl (C=O) groups excluding carboxylic acids is 2. The SMILES string of the molecule is Cc1ccccc1CNC(=O)C1CCN(S(=O)(=O)c2cc(C(=O)N3CCCC3)n(C)c2)CC1. The van der Waals surface area contributed by atoms with Crippen LogP contribution in [0.1, 0.15) is 47.3 Å². The Morgan fingerprint density at radius 2 is 1.73 bits per heavy atom. The number of aromatic nitrogens is 1. The molecule has 3 heterocycles. The monoisotopic (exact) mass is 472 g/mol. The Kier molecular flexibility index (Phi) is 6.90. The van der Waals surface area contributed by atoms with E-state index in [1.807, 2.05) is 31.2 Å². The fraction of sp³-hybridized carbons (Fsp3) is 0.500. The van der Waals surface area contributed by atoms with Crippen molar-refractivity contribution < 1.29 is 18.0 Å². The highest BCUT2D eigenvalue weighted by Crippen LogP contribution is 2.26. The lowest BCUT2D eigenvalue weighted by atomic mass is 9.97. The Balaban J connectivity index is 1.36. The molecule has 178 valence electrons. The highest BCUT2D eigenvalue weighted by Gasteiger charge is 2.34. The molecule has 0 saturated carbocycles. The zero-order valence-corrected chi connectivity index (χ0v) is 20.1. The van der Waals surface area contributed by atoms with Gasteiger partial charge in [-0.25, -0.2) is 8.42 Å². The quantitative estimate of drug-likeness (QED) is 0.698. The first-order valence-corrected chi connectivity index (χ1v) is 13.0. The maximum atomic E-state index is 13.2. The predicted octanol–water partition coefficient (Wildman–Crippen LogP) is 2.29. The van der Waals surface area contributed by atoms with Gasteiger partial charge in [0.1, 0.15) is 10.6 Å². The minimum absolute atomic E-state index is 0.0338. The maximum Gasteiger partial charge on any atom is 0.270 e. The molecule has 2 aliphatic rings. The first-order chi connectivity index (χ1) is 15.8. The molecular formula is C24H32N4O4S. The van der Waals surface area contributed by atoms with E-state index in [9.17, 15) is 18.0 Å². The Bertz CT molecular complexity index is 1130. The van der Waals surface area contributed by atoms with Crippen molar-refractivity contribution in [2.45, 2.75) is 44.0 Å². The molecule has 4 rings (SSSR count). The lowest BCUT2D eigenvalue weighted by Gasteiger charge is -2.30. The Labute approximate surface area is 195 Å². The highest BCUT2D eigenvalue weighted by atomic mass is 32.2. The van der Waals surface area contributed by atoms with E-state index in [1.54, 1.807) is 16.5 Å². The molecule has 2 amide bonds. The molecule has 2 fully saturated rings. The second kappa shape index (κ2) is 9.69. The number of sulfonamides is 1. The summed E-state index contributed by atoms with van der Waals surface area (Å²) in [6, 6.07) is 9.41. The van der Waals surface area contributed by atoms with Crippen LogP contribution in [-0.4, -0.2) is 60.2 Å². The van der Waals surface area contributed by atoms with Crippen LogP contribution in [0.4, 0.5) is 0 Å². The molecule has 8 nitrogen and oxygen atoms in total. The van der Waals surface area contributed by atoms with Crippen LogP contribution in [0, 0.1) is 12.8 Å². The maximum absolute atomic E-state index is 13.2. The molecule has 0 unspecified atom stereocenters. The van der Waals surface area contributed by atoms with Gasteiger partial charge in [-0.15, -0.1) is 0 Å². The van der Waals surface area contributed by atoms with E-state index in [-0.39, 0.29) is 35.7 Å². The van der Waals surface area contributed by atoms with Crippen molar-refractivity contribution in [2.24, 2.45) is 13.0 Å². The van der Waals surface area contributed by atoms with Gasteiger partial charge < -0.3 is 14.8 Å². The molecule has 0 radical (unpaired) electrons. The molecule has 2 aromatic rings. The highest BCUT2D eigenvalue weighted by molar-refractivity contribution is 7.89. The van der Waals surface area contributed by atoms with Crippen LogP contribution < -0.4 is 5.32 Å². The van der Waals surface area contributed by atoms with Crippen LogP contribution in [0.2, 0.25) is 0 Å².